The van der Waals surface area contributed by atoms with Gasteiger partial charge in [-0.1, -0.05) is 69.3 Å². The molecule has 176 valence electrons. The fourth-order valence-corrected chi connectivity index (χ4v) is 4.26. The molecule has 1 aliphatic carbocycles. The SMILES string of the molecule is C[C@H](CC(=O)O)NC(=O)C(CC(C)(C)C)NC(=O)OCC1c2ccccc2-c2ccccc21. The molecule has 3 N–H and O–H groups in total. The number of benzene rings is 2. The van der Waals surface area contributed by atoms with E-state index in [1.54, 1.807) is 6.92 Å². The molecule has 0 aliphatic heterocycles. The summed E-state index contributed by atoms with van der Waals surface area (Å²) >= 11 is 0. The molecular weight excluding hydrogens is 420 g/mol. The van der Waals surface area contributed by atoms with Gasteiger partial charge in [-0.25, -0.2) is 4.79 Å². The lowest BCUT2D eigenvalue weighted by Gasteiger charge is -2.27. The van der Waals surface area contributed by atoms with Crippen molar-refractivity contribution in [2.45, 2.75) is 58.5 Å². The zero-order valence-electron chi connectivity index (χ0n) is 19.6. The molecule has 0 aromatic heterocycles. The normalized spacial score (nSPS) is 14.5. The van der Waals surface area contributed by atoms with Crippen molar-refractivity contribution >= 4 is 18.0 Å². The van der Waals surface area contributed by atoms with Crippen molar-refractivity contribution < 1.29 is 24.2 Å². The second-order valence-electron chi connectivity index (χ2n) is 9.79. The Kier molecular flexibility index (Phi) is 7.41. The third kappa shape index (κ3) is 6.34. The third-order valence-corrected chi connectivity index (χ3v) is 5.64. The molecule has 3 rings (SSSR count). The van der Waals surface area contributed by atoms with Gasteiger partial charge in [0, 0.05) is 12.0 Å². The average Bonchev–Trinajstić information content (AvgIpc) is 3.04. The molecular formula is C26H32N2O5. The standard InChI is InChI=1S/C26H32N2O5/c1-16(13-23(29)30)27-24(31)22(14-26(2,3)4)28-25(32)33-15-21-19-11-7-5-9-17(19)18-10-6-8-12-20(18)21/h5-12,16,21-22H,13-15H2,1-4H3,(H,27,31)(H,28,32)(H,29,30)/t16-,22?/m1/s1. The minimum absolute atomic E-state index is 0.0753. The van der Waals surface area contributed by atoms with E-state index < -0.39 is 30.1 Å². The van der Waals surface area contributed by atoms with E-state index in [4.69, 9.17) is 9.84 Å². The Morgan fingerprint density at radius 2 is 1.52 bits per heavy atom. The van der Waals surface area contributed by atoms with Crippen LogP contribution in [0.15, 0.2) is 48.5 Å². The van der Waals surface area contributed by atoms with Gasteiger partial charge in [0.05, 0.1) is 6.42 Å². The van der Waals surface area contributed by atoms with E-state index >= 15 is 0 Å². The quantitative estimate of drug-likeness (QED) is 0.554. The lowest BCUT2D eigenvalue weighted by molar-refractivity contribution is -0.137. The summed E-state index contributed by atoms with van der Waals surface area (Å²) in [6.07, 6.45) is -0.492. The molecule has 7 nitrogen and oxygen atoms in total. The van der Waals surface area contributed by atoms with Crippen LogP contribution in [-0.2, 0) is 14.3 Å². The number of hydrogen-bond acceptors (Lipinski definition) is 4. The molecule has 0 saturated carbocycles. The van der Waals surface area contributed by atoms with Crippen LogP contribution in [-0.4, -0.2) is 41.8 Å². The van der Waals surface area contributed by atoms with Crippen LogP contribution in [0.25, 0.3) is 11.1 Å². The summed E-state index contributed by atoms with van der Waals surface area (Å²) in [7, 11) is 0. The van der Waals surface area contributed by atoms with Crippen LogP contribution < -0.4 is 10.6 Å². The first-order valence-corrected chi connectivity index (χ1v) is 11.2. The first-order chi connectivity index (χ1) is 15.5. The van der Waals surface area contributed by atoms with E-state index in [1.165, 1.54) is 0 Å². The van der Waals surface area contributed by atoms with Crippen LogP contribution >= 0.6 is 0 Å². The van der Waals surface area contributed by atoms with E-state index in [9.17, 15) is 14.4 Å². The predicted molar refractivity (Wildman–Crippen MR) is 126 cm³/mol. The minimum atomic E-state index is -1.00. The topological polar surface area (TPSA) is 105 Å². The van der Waals surface area contributed by atoms with Gasteiger partial charge < -0.3 is 20.5 Å². The van der Waals surface area contributed by atoms with Crippen LogP contribution in [0.1, 0.15) is 57.6 Å². The molecule has 7 heteroatoms. The maximum atomic E-state index is 12.8. The number of aliphatic carboxylic acids is 1. The highest BCUT2D eigenvalue weighted by molar-refractivity contribution is 5.86. The molecule has 0 radical (unpaired) electrons. The van der Waals surface area contributed by atoms with Gasteiger partial charge in [0.15, 0.2) is 0 Å². The van der Waals surface area contributed by atoms with Crippen LogP contribution in [0.4, 0.5) is 4.79 Å². The molecule has 0 fully saturated rings. The summed E-state index contributed by atoms with van der Waals surface area (Å²) in [5.41, 5.74) is 4.25. The van der Waals surface area contributed by atoms with Gasteiger partial charge in [-0.05, 0) is 41.0 Å². The number of ether oxygens (including phenoxy) is 1. The van der Waals surface area contributed by atoms with Gasteiger partial charge in [0.2, 0.25) is 5.91 Å². The molecule has 1 unspecified atom stereocenters. The number of alkyl carbamates (subject to hydrolysis) is 1. The Bertz CT molecular complexity index is 982. The maximum Gasteiger partial charge on any atom is 0.407 e. The Balaban J connectivity index is 1.67. The number of fused-ring (bicyclic) bond motifs is 3. The number of nitrogens with one attached hydrogen (secondary N) is 2. The second kappa shape index (κ2) is 10.1. The van der Waals surface area contributed by atoms with Crippen molar-refractivity contribution in [3.05, 3.63) is 59.7 Å². The zero-order valence-corrected chi connectivity index (χ0v) is 19.6. The number of rotatable bonds is 8. The van der Waals surface area contributed by atoms with Crippen LogP contribution in [0.2, 0.25) is 0 Å². The van der Waals surface area contributed by atoms with Crippen molar-refractivity contribution in [1.82, 2.24) is 10.6 Å². The maximum absolute atomic E-state index is 12.8. The van der Waals surface area contributed by atoms with Gasteiger partial charge in [-0.3, -0.25) is 9.59 Å². The number of amides is 2. The number of carboxylic acids is 1. The zero-order chi connectivity index (χ0) is 24.2. The molecule has 2 atom stereocenters. The van der Waals surface area contributed by atoms with Gasteiger partial charge in [0.1, 0.15) is 12.6 Å². The first-order valence-electron chi connectivity index (χ1n) is 11.2. The number of hydrogen-bond donors (Lipinski definition) is 3. The minimum Gasteiger partial charge on any atom is -0.481 e. The monoisotopic (exact) mass is 452 g/mol. The molecule has 0 saturated heterocycles. The van der Waals surface area contributed by atoms with Crippen molar-refractivity contribution in [3.8, 4) is 11.1 Å². The van der Waals surface area contributed by atoms with E-state index in [0.29, 0.717) is 6.42 Å². The van der Waals surface area contributed by atoms with Crippen molar-refractivity contribution in [1.29, 1.82) is 0 Å². The Morgan fingerprint density at radius 3 is 2.03 bits per heavy atom. The van der Waals surface area contributed by atoms with Gasteiger partial charge in [-0.15, -0.1) is 0 Å². The van der Waals surface area contributed by atoms with Crippen molar-refractivity contribution in [2.24, 2.45) is 5.41 Å². The van der Waals surface area contributed by atoms with Gasteiger partial charge in [-0.2, -0.15) is 0 Å². The van der Waals surface area contributed by atoms with E-state index in [1.807, 2.05) is 57.2 Å². The van der Waals surface area contributed by atoms with Gasteiger partial charge in [0.25, 0.3) is 0 Å². The molecule has 0 heterocycles. The number of carbonyl (C=O) groups is 3. The number of carboxylic acid groups (broad SMARTS) is 1. The second-order valence-corrected chi connectivity index (χ2v) is 9.79. The van der Waals surface area contributed by atoms with Crippen LogP contribution in [0.3, 0.4) is 0 Å². The van der Waals surface area contributed by atoms with Crippen molar-refractivity contribution in [2.75, 3.05) is 6.61 Å². The van der Waals surface area contributed by atoms with E-state index in [-0.39, 0.29) is 24.4 Å². The van der Waals surface area contributed by atoms with E-state index in [0.717, 1.165) is 22.3 Å². The average molecular weight is 453 g/mol. The Morgan fingerprint density at radius 1 is 0.970 bits per heavy atom. The van der Waals surface area contributed by atoms with Crippen LogP contribution in [0, 0.1) is 5.41 Å². The lowest BCUT2D eigenvalue weighted by Crippen LogP contribution is -2.51. The molecule has 0 bridgehead atoms. The summed E-state index contributed by atoms with van der Waals surface area (Å²) in [6, 6.07) is 14.8. The summed E-state index contributed by atoms with van der Waals surface area (Å²) < 4.78 is 5.58. The predicted octanol–water partition coefficient (Wildman–Crippen LogP) is 4.31. The van der Waals surface area contributed by atoms with E-state index in [2.05, 4.69) is 22.8 Å². The highest BCUT2D eigenvalue weighted by Gasteiger charge is 2.31. The fraction of sp³-hybridized carbons (Fsp3) is 0.423. The number of carbonyl (C=O) groups excluding carboxylic acids is 2. The molecule has 33 heavy (non-hydrogen) atoms. The smallest absolute Gasteiger partial charge is 0.407 e. The summed E-state index contributed by atoms with van der Waals surface area (Å²) in [6.45, 7) is 7.67. The highest BCUT2D eigenvalue weighted by Crippen LogP contribution is 2.44. The first kappa shape index (κ1) is 24.3. The Hall–Kier alpha value is -3.35. The van der Waals surface area contributed by atoms with Gasteiger partial charge >= 0.3 is 12.1 Å². The van der Waals surface area contributed by atoms with Crippen LogP contribution in [0.5, 0.6) is 0 Å². The molecule has 2 amide bonds. The molecule has 1 aliphatic rings. The molecule has 2 aromatic carbocycles. The third-order valence-electron chi connectivity index (χ3n) is 5.64. The molecule has 0 spiro atoms. The van der Waals surface area contributed by atoms with Crippen molar-refractivity contribution in [3.63, 3.8) is 0 Å². The largest absolute Gasteiger partial charge is 0.481 e. The summed E-state index contributed by atoms with van der Waals surface area (Å²) in [5.74, 6) is -1.50. The molecule has 2 aromatic rings. The lowest BCUT2D eigenvalue weighted by atomic mass is 9.87. The fourth-order valence-electron chi connectivity index (χ4n) is 4.26. The summed E-state index contributed by atoms with van der Waals surface area (Å²) in [4.78, 5) is 36.4. The Labute approximate surface area is 194 Å². The summed E-state index contributed by atoms with van der Waals surface area (Å²) in [5, 5.41) is 14.3. The highest BCUT2D eigenvalue weighted by atomic mass is 16.5.